The number of benzene rings is 1. The number of pyridine rings is 2. The van der Waals surface area contributed by atoms with Gasteiger partial charge in [0, 0.05) is 54.7 Å². The summed E-state index contributed by atoms with van der Waals surface area (Å²) in [6.07, 6.45) is 8.33. The molecule has 2 aromatic heterocycles. The molecule has 2 heterocycles. The van der Waals surface area contributed by atoms with E-state index in [1.54, 1.807) is 6.92 Å². The van der Waals surface area contributed by atoms with Gasteiger partial charge in [-0.15, -0.1) is 0 Å². The molecular formula is C27H28N2O4. The Bertz CT molecular complexity index is 1080. The van der Waals surface area contributed by atoms with Crippen molar-refractivity contribution in [2.75, 3.05) is 19.8 Å². The lowest BCUT2D eigenvalue weighted by atomic mass is 10.1. The Morgan fingerprint density at radius 1 is 1.00 bits per heavy atom. The molecule has 0 radical (unpaired) electrons. The van der Waals surface area contributed by atoms with Crippen LogP contribution in [0, 0.1) is 0 Å². The Balaban J connectivity index is 1.35. The summed E-state index contributed by atoms with van der Waals surface area (Å²) in [6, 6.07) is 13.8. The van der Waals surface area contributed by atoms with Crippen LogP contribution in [-0.4, -0.2) is 41.9 Å². The zero-order chi connectivity index (χ0) is 23.0. The zero-order valence-corrected chi connectivity index (χ0v) is 19.0. The molecule has 4 rings (SSSR count). The molecule has 1 aromatic carbocycles. The minimum Gasteiger partial charge on any atom is -0.493 e. The van der Waals surface area contributed by atoms with Crippen LogP contribution in [0.4, 0.5) is 0 Å². The second-order valence-corrected chi connectivity index (χ2v) is 7.62. The lowest BCUT2D eigenvalue weighted by Gasteiger charge is -2.15. The van der Waals surface area contributed by atoms with Crippen LogP contribution < -0.4 is 4.74 Å². The van der Waals surface area contributed by atoms with Gasteiger partial charge >= 0.3 is 5.97 Å². The van der Waals surface area contributed by atoms with Gasteiger partial charge in [-0.3, -0.25) is 9.97 Å². The summed E-state index contributed by atoms with van der Waals surface area (Å²) in [5, 5.41) is 0. The standard InChI is InChI=1S/C27H28N2O4/c1-3-31-25(27(30)32-4-2)17-19-9-11-20(12-10-19)33-16-6-8-23-24-18-28-15-13-21(24)22-7-5-14-29-26(22)23/h5,7-15,18,25H,3-4,6,16-17H2,1-2H3. The monoisotopic (exact) mass is 444 g/mol. The normalized spacial score (nSPS) is 13.9. The van der Waals surface area contributed by atoms with Crippen LogP contribution in [-0.2, 0) is 20.7 Å². The third-order valence-electron chi connectivity index (χ3n) is 5.46. The molecule has 1 unspecified atom stereocenters. The van der Waals surface area contributed by atoms with Gasteiger partial charge in [-0.1, -0.05) is 24.3 Å². The maximum Gasteiger partial charge on any atom is 0.335 e. The van der Waals surface area contributed by atoms with Crippen LogP contribution >= 0.6 is 0 Å². The molecule has 6 heteroatoms. The van der Waals surface area contributed by atoms with Gasteiger partial charge in [0.15, 0.2) is 6.10 Å². The number of ether oxygens (including phenoxy) is 3. The predicted octanol–water partition coefficient (Wildman–Crippen LogP) is 4.87. The van der Waals surface area contributed by atoms with Crippen LogP contribution in [0.15, 0.2) is 67.1 Å². The van der Waals surface area contributed by atoms with E-state index in [0.717, 1.165) is 40.1 Å². The van der Waals surface area contributed by atoms with E-state index in [0.29, 0.717) is 26.2 Å². The average Bonchev–Trinajstić information content (AvgIpc) is 3.16. The first-order chi connectivity index (χ1) is 16.2. The van der Waals surface area contributed by atoms with Crippen LogP contribution in [0.5, 0.6) is 5.75 Å². The van der Waals surface area contributed by atoms with Crippen LogP contribution in [0.25, 0.3) is 16.7 Å². The molecule has 3 aromatic rings. The maximum absolute atomic E-state index is 12.1. The fraction of sp³-hybridized carbons (Fsp3) is 0.296. The van der Waals surface area contributed by atoms with Crippen molar-refractivity contribution < 1.29 is 19.0 Å². The van der Waals surface area contributed by atoms with E-state index < -0.39 is 6.10 Å². The van der Waals surface area contributed by atoms with Crippen molar-refractivity contribution >= 4 is 11.5 Å². The van der Waals surface area contributed by atoms with Crippen LogP contribution in [0.2, 0.25) is 0 Å². The van der Waals surface area contributed by atoms with E-state index >= 15 is 0 Å². The molecule has 0 bridgehead atoms. The van der Waals surface area contributed by atoms with Crippen molar-refractivity contribution in [2.45, 2.75) is 32.8 Å². The Morgan fingerprint density at radius 3 is 2.64 bits per heavy atom. The second-order valence-electron chi connectivity index (χ2n) is 7.62. The maximum atomic E-state index is 12.1. The molecule has 1 aliphatic carbocycles. The fourth-order valence-electron chi connectivity index (χ4n) is 3.98. The van der Waals surface area contributed by atoms with Crippen molar-refractivity contribution in [2.24, 2.45) is 0 Å². The van der Waals surface area contributed by atoms with Gasteiger partial charge in [0.2, 0.25) is 0 Å². The number of esters is 1. The molecular weight excluding hydrogens is 416 g/mol. The molecule has 33 heavy (non-hydrogen) atoms. The highest BCUT2D eigenvalue weighted by Gasteiger charge is 2.24. The summed E-state index contributed by atoms with van der Waals surface area (Å²) in [5.74, 6) is 0.459. The van der Waals surface area contributed by atoms with Gasteiger partial charge in [0.1, 0.15) is 5.75 Å². The Morgan fingerprint density at radius 2 is 1.85 bits per heavy atom. The quantitative estimate of drug-likeness (QED) is 0.257. The second kappa shape index (κ2) is 10.9. The summed E-state index contributed by atoms with van der Waals surface area (Å²) in [4.78, 5) is 20.9. The topological polar surface area (TPSA) is 70.5 Å². The number of carbonyl (C=O) groups is 1. The molecule has 0 N–H and O–H groups in total. The van der Waals surface area contributed by atoms with Gasteiger partial charge in [-0.05, 0) is 49.2 Å². The number of hydrogen-bond acceptors (Lipinski definition) is 6. The number of carbonyl (C=O) groups excluding carboxylic acids is 1. The van der Waals surface area contributed by atoms with E-state index in [1.807, 2.05) is 61.9 Å². The molecule has 6 nitrogen and oxygen atoms in total. The predicted molar refractivity (Wildman–Crippen MR) is 127 cm³/mol. The number of aromatic nitrogens is 2. The molecule has 0 saturated heterocycles. The van der Waals surface area contributed by atoms with Gasteiger partial charge in [0.05, 0.1) is 18.9 Å². The van der Waals surface area contributed by atoms with E-state index in [4.69, 9.17) is 14.2 Å². The summed E-state index contributed by atoms with van der Waals surface area (Å²) in [5.41, 5.74) is 6.52. The molecule has 0 saturated carbocycles. The number of rotatable bonds is 10. The first-order valence-corrected chi connectivity index (χ1v) is 11.3. The van der Waals surface area contributed by atoms with E-state index in [2.05, 4.69) is 22.1 Å². The van der Waals surface area contributed by atoms with Crippen molar-refractivity contribution in [3.8, 4) is 16.9 Å². The molecule has 1 atom stereocenters. The molecule has 170 valence electrons. The van der Waals surface area contributed by atoms with Crippen molar-refractivity contribution in [1.29, 1.82) is 0 Å². The van der Waals surface area contributed by atoms with Gasteiger partial charge in [-0.25, -0.2) is 4.79 Å². The highest BCUT2D eigenvalue weighted by molar-refractivity contribution is 5.99. The van der Waals surface area contributed by atoms with Gasteiger partial charge in [-0.2, -0.15) is 0 Å². The Hall–Kier alpha value is -3.51. The third-order valence-corrected chi connectivity index (χ3v) is 5.46. The van der Waals surface area contributed by atoms with Crippen molar-refractivity contribution in [3.63, 3.8) is 0 Å². The van der Waals surface area contributed by atoms with E-state index in [1.165, 1.54) is 5.56 Å². The lowest BCUT2D eigenvalue weighted by molar-refractivity contribution is -0.156. The minimum absolute atomic E-state index is 0.326. The first-order valence-electron chi connectivity index (χ1n) is 11.3. The summed E-state index contributed by atoms with van der Waals surface area (Å²) in [6.45, 7) is 5.01. The van der Waals surface area contributed by atoms with E-state index in [-0.39, 0.29) is 5.97 Å². The summed E-state index contributed by atoms with van der Waals surface area (Å²) < 4.78 is 16.6. The van der Waals surface area contributed by atoms with E-state index in [9.17, 15) is 4.79 Å². The summed E-state index contributed by atoms with van der Waals surface area (Å²) in [7, 11) is 0. The number of hydrogen-bond donors (Lipinski definition) is 0. The Kier molecular flexibility index (Phi) is 7.47. The SMILES string of the molecule is CCOC(=O)C(Cc1ccc(OCCC=C2c3cnccc3-c3cccnc32)cc1)OCC. The molecule has 0 spiro atoms. The zero-order valence-electron chi connectivity index (χ0n) is 19.0. The number of nitrogens with zero attached hydrogens (tertiary/aromatic N) is 2. The van der Waals surface area contributed by atoms with Crippen LogP contribution in [0.1, 0.15) is 37.1 Å². The molecule has 0 fully saturated rings. The fourth-order valence-corrected chi connectivity index (χ4v) is 3.98. The van der Waals surface area contributed by atoms with Crippen molar-refractivity contribution in [3.05, 3.63) is 84.0 Å². The number of fused-ring (bicyclic) bond motifs is 3. The molecule has 0 aliphatic heterocycles. The highest BCUT2D eigenvalue weighted by atomic mass is 16.6. The van der Waals surface area contributed by atoms with Crippen molar-refractivity contribution in [1.82, 2.24) is 9.97 Å². The first kappa shape index (κ1) is 22.7. The Labute approximate surface area is 194 Å². The lowest BCUT2D eigenvalue weighted by Crippen LogP contribution is -2.28. The largest absolute Gasteiger partial charge is 0.493 e. The third kappa shape index (κ3) is 5.29. The average molecular weight is 445 g/mol. The highest BCUT2D eigenvalue weighted by Crippen LogP contribution is 2.42. The minimum atomic E-state index is -0.589. The molecule has 0 amide bonds. The van der Waals surface area contributed by atoms with Crippen LogP contribution in [0.3, 0.4) is 0 Å². The smallest absolute Gasteiger partial charge is 0.335 e. The van der Waals surface area contributed by atoms with Gasteiger partial charge in [0.25, 0.3) is 0 Å². The van der Waals surface area contributed by atoms with Gasteiger partial charge < -0.3 is 14.2 Å². The summed E-state index contributed by atoms with van der Waals surface area (Å²) >= 11 is 0. The molecule has 1 aliphatic rings.